The Labute approximate surface area is 113 Å². The average Bonchev–Trinajstić information content (AvgIpc) is 2.35. The van der Waals surface area contributed by atoms with Gasteiger partial charge in [-0.3, -0.25) is 0 Å². The zero-order chi connectivity index (χ0) is 14.8. The second-order valence-electron chi connectivity index (χ2n) is 5.80. The molecule has 0 radical (unpaired) electrons. The summed E-state index contributed by atoms with van der Waals surface area (Å²) in [5.41, 5.74) is 0.704. The number of likely N-dealkylation sites (N-methyl/N-ethyl adjacent to an activating group) is 1. The molecule has 1 rings (SSSR count). The van der Waals surface area contributed by atoms with Gasteiger partial charge in [0.2, 0.25) is 0 Å². The van der Waals surface area contributed by atoms with E-state index in [-0.39, 0.29) is 23.6 Å². The monoisotopic (exact) mass is 266 g/mol. The van der Waals surface area contributed by atoms with Gasteiger partial charge in [-0.25, -0.2) is 9.78 Å². The highest BCUT2D eigenvalue weighted by atomic mass is 16.4. The minimum absolute atomic E-state index is 0.0136. The number of pyridine rings is 1. The van der Waals surface area contributed by atoms with Crippen LogP contribution >= 0.6 is 0 Å². The van der Waals surface area contributed by atoms with Gasteiger partial charge in [-0.05, 0) is 19.1 Å². The molecule has 19 heavy (non-hydrogen) atoms. The van der Waals surface area contributed by atoms with Crippen molar-refractivity contribution in [2.24, 2.45) is 0 Å². The highest BCUT2D eigenvalue weighted by Gasteiger charge is 2.21. The summed E-state index contributed by atoms with van der Waals surface area (Å²) < 4.78 is 0. The van der Waals surface area contributed by atoms with Crippen molar-refractivity contribution < 1.29 is 15.0 Å². The standard InChI is InChI=1S/C14H22N2O3/c1-9(8-17)16(5)12-7-10(13(18)19)6-11(15-12)14(2,3)4/h6-7,9,17H,8H2,1-5H3,(H,18,19). The van der Waals surface area contributed by atoms with Gasteiger partial charge in [-0.2, -0.15) is 0 Å². The maximum atomic E-state index is 11.2. The Balaban J connectivity index is 3.32. The number of aliphatic hydroxyl groups is 1. The first kappa shape index (κ1) is 15.4. The van der Waals surface area contributed by atoms with Crippen LogP contribution in [0.3, 0.4) is 0 Å². The highest BCUT2D eigenvalue weighted by molar-refractivity contribution is 5.88. The molecule has 1 heterocycles. The van der Waals surface area contributed by atoms with Crippen molar-refractivity contribution >= 4 is 11.8 Å². The molecule has 1 aromatic rings. The zero-order valence-electron chi connectivity index (χ0n) is 12.1. The predicted molar refractivity (Wildman–Crippen MR) is 74.8 cm³/mol. The fraction of sp³-hybridized carbons (Fsp3) is 0.571. The third-order valence-electron chi connectivity index (χ3n) is 3.11. The molecule has 1 unspecified atom stereocenters. The number of carbonyl (C=O) groups is 1. The molecule has 1 atom stereocenters. The van der Waals surface area contributed by atoms with E-state index in [1.54, 1.807) is 18.0 Å². The molecule has 0 saturated heterocycles. The molecule has 0 fully saturated rings. The first-order chi connectivity index (χ1) is 8.66. The number of rotatable bonds is 4. The van der Waals surface area contributed by atoms with Crippen LogP contribution in [0.5, 0.6) is 0 Å². The van der Waals surface area contributed by atoms with Crippen LogP contribution in [0.15, 0.2) is 12.1 Å². The average molecular weight is 266 g/mol. The maximum Gasteiger partial charge on any atom is 0.335 e. The molecule has 0 bridgehead atoms. The van der Waals surface area contributed by atoms with Crippen molar-refractivity contribution in [3.8, 4) is 0 Å². The lowest BCUT2D eigenvalue weighted by Gasteiger charge is -2.27. The van der Waals surface area contributed by atoms with Crippen LogP contribution < -0.4 is 4.90 Å². The van der Waals surface area contributed by atoms with Gasteiger partial charge in [0.25, 0.3) is 0 Å². The van der Waals surface area contributed by atoms with Gasteiger partial charge in [0.05, 0.1) is 18.2 Å². The molecule has 0 aliphatic heterocycles. The number of hydrogen-bond acceptors (Lipinski definition) is 4. The Hall–Kier alpha value is -1.62. The number of carboxylic acids is 1. The minimum Gasteiger partial charge on any atom is -0.478 e. The first-order valence-electron chi connectivity index (χ1n) is 6.26. The van der Waals surface area contributed by atoms with E-state index in [4.69, 9.17) is 0 Å². The van der Waals surface area contributed by atoms with Gasteiger partial charge < -0.3 is 15.1 Å². The summed E-state index contributed by atoms with van der Waals surface area (Å²) in [7, 11) is 1.79. The van der Waals surface area contributed by atoms with Gasteiger partial charge >= 0.3 is 5.97 Å². The Morgan fingerprint density at radius 2 is 2.00 bits per heavy atom. The summed E-state index contributed by atoms with van der Waals surface area (Å²) in [4.78, 5) is 17.5. The Morgan fingerprint density at radius 3 is 2.42 bits per heavy atom. The van der Waals surface area contributed by atoms with Crippen LogP contribution in [0.25, 0.3) is 0 Å². The first-order valence-corrected chi connectivity index (χ1v) is 6.26. The van der Waals surface area contributed by atoms with E-state index in [0.717, 1.165) is 5.69 Å². The van der Waals surface area contributed by atoms with Crippen LogP contribution in [0, 0.1) is 0 Å². The lowest BCUT2D eigenvalue weighted by atomic mass is 9.90. The number of carboxylic acid groups (broad SMARTS) is 1. The largest absolute Gasteiger partial charge is 0.478 e. The van der Waals surface area contributed by atoms with Crippen LogP contribution in [-0.4, -0.2) is 40.9 Å². The van der Waals surface area contributed by atoms with E-state index in [2.05, 4.69) is 4.98 Å². The summed E-state index contributed by atoms with van der Waals surface area (Å²) in [5, 5.41) is 18.4. The minimum atomic E-state index is -0.973. The molecule has 0 spiro atoms. The molecule has 0 amide bonds. The van der Waals surface area contributed by atoms with Crippen molar-refractivity contribution in [3.63, 3.8) is 0 Å². The van der Waals surface area contributed by atoms with Gasteiger partial charge in [-0.1, -0.05) is 20.8 Å². The van der Waals surface area contributed by atoms with Crippen molar-refractivity contribution in [2.45, 2.75) is 39.2 Å². The fourth-order valence-corrected chi connectivity index (χ4v) is 1.55. The van der Waals surface area contributed by atoms with E-state index >= 15 is 0 Å². The molecule has 106 valence electrons. The topological polar surface area (TPSA) is 73.7 Å². The number of aromatic nitrogens is 1. The Morgan fingerprint density at radius 1 is 1.42 bits per heavy atom. The van der Waals surface area contributed by atoms with Gasteiger partial charge in [0.1, 0.15) is 5.82 Å². The summed E-state index contributed by atoms with van der Waals surface area (Å²) in [6.07, 6.45) is 0. The molecule has 5 nitrogen and oxygen atoms in total. The third kappa shape index (κ3) is 3.67. The number of aliphatic hydroxyl groups excluding tert-OH is 1. The zero-order valence-corrected chi connectivity index (χ0v) is 12.1. The van der Waals surface area contributed by atoms with Crippen molar-refractivity contribution in [1.29, 1.82) is 0 Å². The summed E-state index contributed by atoms with van der Waals surface area (Å²) in [6, 6.07) is 3.01. The van der Waals surface area contributed by atoms with Gasteiger partial charge in [-0.15, -0.1) is 0 Å². The predicted octanol–water partition coefficient (Wildman–Crippen LogP) is 1.89. The molecule has 0 aliphatic rings. The van der Waals surface area contributed by atoms with E-state index < -0.39 is 5.97 Å². The van der Waals surface area contributed by atoms with Crippen LogP contribution in [-0.2, 0) is 5.41 Å². The van der Waals surface area contributed by atoms with Crippen LogP contribution in [0.1, 0.15) is 43.7 Å². The second-order valence-corrected chi connectivity index (χ2v) is 5.80. The Kier molecular flexibility index (Phi) is 4.52. The lowest BCUT2D eigenvalue weighted by molar-refractivity contribution is 0.0696. The maximum absolute atomic E-state index is 11.2. The van der Waals surface area contributed by atoms with E-state index in [0.29, 0.717) is 5.82 Å². The molecule has 2 N–H and O–H groups in total. The molecule has 5 heteroatoms. The molecular weight excluding hydrogens is 244 g/mol. The van der Waals surface area contributed by atoms with Gasteiger partial charge in [0, 0.05) is 18.2 Å². The SMILES string of the molecule is CC(CO)N(C)c1cc(C(=O)O)cc(C(C)(C)C)n1. The van der Waals surface area contributed by atoms with E-state index in [9.17, 15) is 15.0 Å². The van der Waals surface area contributed by atoms with Crippen LogP contribution in [0.4, 0.5) is 5.82 Å². The normalized spacial score (nSPS) is 13.2. The van der Waals surface area contributed by atoms with Crippen molar-refractivity contribution in [2.75, 3.05) is 18.6 Å². The molecular formula is C14H22N2O3. The second kappa shape index (κ2) is 5.57. The number of nitrogens with zero attached hydrogens (tertiary/aromatic N) is 2. The third-order valence-corrected chi connectivity index (χ3v) is 3.11. The highest BCUT2D eigenvalue weighted by Crippen LogP contribution is 2.25. The molecule has 0 saturated carbocycles. The van der Waals surface area contributed by atoms with E-state index in [1.165, 1.54) is 6.07 Å². The fourth-order valence-electron chi connectivity index (χ4n) is 1.55. The van der Waals surface area contributed by atoms with Crippen molar-refractivity contribution in [1.82, 2.24) is 4.98 Å². The molecule has 0 aromatic carbocycles. The lowest BCUT2D eigenvalue weighted by Crippen LogP contribution is -2.33. The number of aromatic carboxylic acids is 1. The quantitative estimate of drug-likeness (QED) is 0.870. The molecule has 0 aliphatic carbocycles. The van der Waals surface area contributed by atoms with Crippen molar-refractivity contribution in [3.05, 3.63) is 23.4 Å². The van der Waals surface area contributed by atoms with Crippen LogP contribution in [0.2, 0.25) is 0 Å². The van der Waals surface area contributed by atoms with Gasteiger partial charge in [0.15, 0.2) is 0 Å². The summed E-state index contributed by atoms with van der Waals surface area (Å²) in [5.74, 6) is -0.412. The molecule has 1 aromatic heterocycles. The summed E-state index contributed by atoms with van der Waals surface area (Å²) in [6.45, 7) is 7.80. The smallest absolute Gasteiger partial charge is 0.335 e. The number of hydrogen-bond donors (Lipinski definition) is 2. The van der Waals surface area contributed by atoms with E-state index in [1.807, 2.05) is 27.7 Å². The Bertz CT molecular complexity index is 466. The summed E-state index contributed by atoms with van der Waals surface area (Å²) >= 11 is 0. The number of anilines is 1.